The van der Waals surface area contributed by atoms with Gasteiger partial charge >= 0.3 is 0 Å². The van der Waals surface area contributed by atoms with Crippen molar-refractivity contribution in [1.29, 1.82) is 0 Å². The van der Waals surface area contributed by atoms with Gasteiger partial charge in [0.1, 0.15) is 0 Å². The van der Waals surface area contributed by atoms with E-state index in [4.69, 9.17) is 0 Å². The van der Waals surface area contributed by atoms with E-state index in [2.05, 4.69) is 40.0 Å². The molecule has 0 aliphatic rings. The van der Waals surface area contributed by atoms with Gasteiger partial charge in [-0.1, -0.05) is 15.9 Å². The predicted molar refractivity (Wildman–Crippen MR) is 56.8 cm³/mol. The molecular formula is C9H8BrNS. The van der Waals surface area contributed by atoms with Crippen LogP contribution in [0.2, 0.25) is 0 Å². The number of aromatic nitrogens is 1. The van der Waals surface area contributed by atoms with Gasteiger partial charge in [0.05, 0.1) is 15.2 Å². The molecule has 12 heavy (non-hydrogen) atoms. The summed E-state index contributed by atoms with van der Waals surface area (Å²) in [7, 11) is 0. The normalized spacial score (nSPS) is 10.9. The Hall–Kier alpha value is -0.410. The Bertz CT molecular complexity index is 433. The molecule has 1 aromatic heterocycles. The van der Waals surface area contributed by atoms with Crippen molar-refractivity contribution in [2.24, 2.45) is 0 Å². The summed E-state index contributed by atoms with van der Waals surface area (Å²) in [6.45, 7) is 4.16. The molecule has 0 N–H and O–H groups in total. The Balaban J connectivity index is 2.88. The van der Waals surface area contributed by atoms with Gasteiger partial charge in [0, 0.05) is 4.47 Å². The minimum atomic E-state index is 1.10. The van der Waals surface area contributed by atoms with Crippen LogP contribution in [0.3, 0.4) is 0 Å². The van der Waals surface area contributed by atoms with Crippen molar-refractivity contribution in [2.45, 2.75) is 13.8 Å². The van der Waals surface area contributed by atoms with Crippen molar-refractivity contribution in [3.05, 3.63) is 27.2 Å². The van der Waals surface area contributed by atoms with Crippen LogP contribution in [0.1, 0.15) is 10.6 Å². The highest BCUT2D eigenvalue weighted by Gasteiger charge is 2.03. The summed E-state index contributed by atoms with van der Waals surface area (Å²) in [5.74, 6) is 0. The summed E-state index contributed by atoms with van der Waals surface area (Å²) in [6.07, 6.45) is 0. The van der Waals surface area contributed by atoms with Crippen LogP contribution in [-0.2, 0) is 0 Å². The first-order chi connectivity index (χ1) is 5.66. The number of hydrogen-bond acceptors (Lipinski definition) is 2. The molecule has 0 fully saturated rings. The van der Waals surface area contributed by atoms with Crippen molar-refractivity contribution in [3.63, 3.8) is 0 Å². The fourth-order valence-electron chi connectivity index (χ4n) is 1.27. The Morgan fingerprint density at radius 1 is 1.33 bits per heavy atom. The smallest absolute Gasteiger partial charge is 0.0907 e. The second-order valence-corrected chi connectivity index (χ2v) is 4.92. The van der Waals surface area contributed by atoms with Crippen LogP contribution in [0.5, 0.6) is 0 Å². The molecule has 2 aromatic rings. The van der Waals surface area contributed by atoms with E-state index in [1.165, 1.54) is 10.3 Å². The topological polar surface area (TPSA) is 12.9 Å². The molecular weight excluding hydrogens is 234 g/mol. The molecule has 0 aliphatic heterocycles. The number of nitrogens with zero attached hydrogens (tertiary/aromatic N) is 1. The van der Waals surface area contributed by atoms with Crippen molar-refractivity contribution in [2.75, 3.05) is 0 Å². The van der Waals surface area contributed by atoms with Gasteiger partial charge in [0.15, 0.2) is 0 Å². The molecule has 0 saturated heterocycles. The van der Waals surface area contributed by atoms with E-state index in [9.17, 15) is 0 Å². The van der Waals surface area contributed by atoms with Gasteiger partial charge in [0.25, 0.3) is 0 Å². The first kappa shape index (κ1) is 8.20. The van der Waals surface area contributed by atoms with Gasteiger partial charge in [-0.25, -0.2) is 4.98 Å². The Morgan fingerprint density at radius 2 is 2.08 bits per heavy atom. The van der Waals surface area contributed by atoms with E-state index >= 15 is 0 Å². The number of thiazole rings is 1. The van der Waals surface area contributed by atoms with Crippen molar-refractivity contribution in [1.82, 2.24) is 4.98 Å². The molecule has 0 aliphatic carbocycles. The monoisotopic (exact) mass is 241 g/mol. The van der Waals surface area contributed by atoms with Crippen LogP contribution in [0, 0.1) is 13.8 Å². The molecule has 0 amide bonds. The van der Waals surface area contributed by atoms with Crippen LogP contribution in [0.25, 0.3) is 10.2 Å². The van der Waals surface area contributed by atoms with Crippen molar-refractivity contribution < 1.29 is 0 Å². The van der Waals surface area contributed by atoms with Crippen LogP contribution in [-0.4, -0.2) is 4.98 Å². The number of fused-ring (bicyclic) bond motifs is 1. The zero-order valence-electron chi connectivity index (χ0n) is 6.89. The first-order valence-corrected chi connectivity index (χ1v) is 5.31. The van der Waals surface area contributed by atoms with E-state index in [1.807, 2.05) is 6.92 Å². The summed E-state index contributed by atoms with van der Waals surface area (Å²) >= 11 is 5.21. The van der Waals surface area contributed by atoms with E-state index in [1.54, 1.807) is 11.3 Å². The molecule has 0 spiro atoms. The van der Waals surface area contributed by atoms with Crippen LogP contribution >= 0.6 is 27.3 Å². The molecule has 0 unspecified atom stereocenters. The average molecular weight is 242 g/mol. The highest BCUT2D eigenvalue weighted by Crippen LogP contribution is 2.28. The fraction of sp³-hybridized carbons (Fsp3) is 0.222. The van der Waals surface area contributed by atoms with Gasteiger partial charge in [-0.3, -0.25) is 0 Å². The molecule has 1 heterocycles. The molecule has 2 rings (SSSR count). The van der Waals surface area contributed by atoms with Gasteiger partial charge < -0.3 is 0 Å². The number of aryl methyl sites for hydroxylation is 2. The maximum atomic E-state index is 4.42. The molecule has 0 saturated carbocycles. The predicted octanol–water partition coefficient (Wildman–Crippen LogP) is 3.68. The maximum Gasteiger partial charge on any atom is 0.0907 e. The van der Waals surface area contributed by atoms with Crippen LogP contribution < -0.4 is 0 Å². The fourth-order valence-corrected chi connectivity index (χ4v) is 2.70. The van der Waals surface area contributed by atoms with Crippen molar-refractivity contribution >= 4 is 37.5 Å². The molecule has 62 valence electrons. The molecule has 0 bridgehead atoms. The van der Waals surface area contributed by atoms with Gasteiger partial charge in [-0.05, 0) is 31.5 Å². The number of rotatable bonds is 0. The number of hydrogen-bond donors (Lipinski definition) is 0. The third kappa shape index (κ3) is 1.27. The van der Waals surface area contributed by atoms with Gasteiger partial charge in [-0.2, -0.15) is 0 Å². The second-order valence-electron chi connectivity index (χ2n) is 2.80. The summed E-state index contributed by atoms with van der Waals surface area (Å²) in [6, 6.07) is 4.19. The van der Waals surface area contributed by atoms with Crippen LogP contribution in [0.15, 0.2) is 16.6 Å². The lowest BCUT2D eigenvalue weighted by Gasteiger charge is -1.94. The molecule has 1 nitrogen and oxygen atoms in total. The minimum Gasteiger partial charge on any atom is -0.241 e. The van der Waals surface area contributed by atoms with Crippen molar-refractivity contribution in [3.8, 4) is 0 Å². The van der Waals surface area contributed by atoms with E-state index < -0.39 is 0 Å². The van der Waals surface area contributed by atoms with E-state index in [0.717, 1.165) is 15.0 Å². The van der Waals surface area contributed by atoms with Gasteiger partial charge in [0.2, 0.25) is 0 Å². The second kappa shape index (κ2) is 2.82. The third-order valence-corrected chi connectivity index (χ3v) is 3.33. The summed E-state index contributed by atoms with van der Waals surface area (Å²) < 4.78 is 2.41. The molecule has 1 aromatic carbocycles. The third-order valence-electron chi connectivity index (χ3n) is 1.75. The highest BCUT2D eigenvalue weighted by molar-refractivity contribution is 9.10. The summed E-state index contributed by atoms with van der Waals surface area (Å²) in [5, 5.41) is 1.13. The Labute approximate surface area is 83.6 Å². The maximum absolute atomic E-state index is 4.42. The zero-order chi connectivity index (χ0) is 8.72. The lowest BCUT2D eigenvalue weighted by molar-refractivity contribution is 1.34. The Kier molecular flexibility index (Phi) is 1.93. The van der Waals surface area contributed by atoms with E-state index in [0.29, 0.717) is 0 Å². The standard InChI is InChI=1S/C9H8BrNS/c1-5-3-7(10)4-8-9(5)12-6(2)11-8/h3-4H,1-2H3. The first-order valence-electron chi connectivity index (χ1n) is 3.70. The SMILES string of the molecule is Cc1nc2cc(Br)cc(C)c2s1. The zero-order valence-corrected chi connectivity index (χ0v) is 9.29. The van der Waals surface area contributed by atoms with Gasteiger partial charge in [-0.15, -0.1) is 11.3 Å². The number of benzene rings is 1. The van der Waals surface area contributed by atoms with E-state index in [-0.39, 0.29) is 0 Å². The lowest BCUT2D eigenvalue weighted by atomic mass is 10.2. The molecule has 0 atom stereocenters. The van der Waals surface area contributed by atoms with Crippen LogP contribution in [0.4, 0.5) is 0 Å². The molecule has 0 radical (unpaired) electrons. The summed E-state index contributed by atoms with van der Waals surface area (Å²) in [5.41, 5.74) is 2.40. The quantitative estimate of drug-likeness (QED) is 0.686. The Morgan fingerprint density at radius 3 is 2.83 bits per heavy atom. The summed E-state index contributed by atoms with van der Waals surface area (Å²) in [4.78, 5) is 4.42. The molecule has 3 heteroatoms. The average Bonchev–Trinajstić information content (AvgIpc) is 2.29. The largest absolute Gasteiger partial charge is 0.241 e. The lowest BCUT2D eigenvalue weighted by Crippen LogP contribution is -1.74. The minimum absolute atomic E-state index is 1.10. The highest BCUT2D eigenvalue weighted by atomic mass is 79.9. The number of halogens is 1.